The lowest BCUT2D eigenvalue weighted by molar-refractivity contribution is -0.159. The first kappa shape index (κ1) is 17.0. The smallest absolute Gasteiger partial charge is 0.249 e. The summed E-state index contributed by atoms with van der Waals surface area (Å²) in [5.41, 5.74) is 2.74. The van der Waals surface area contributed by atoms with Crippen LogP contribution in [0.25, 0.3) is 0 Å². The molecule has 1 heterocycles. The van der Waals surface area contributed by atoms with E-state index in [0.717, 1.165) is 21.3 Å². The number of rotatable bonds is 4. The normalized spacial score (nSPS) is 21.0. The molecular formula is C19H21BrN2O2. The summed E-state index contributed by atoms with van der Waals surface area (Å²) in [5.74, 6) is 0.0152. The van der Waals surface area contributed by atoms with Crippen LogP contribution in [0.4, 0.5) is 5.69 Å². The number of nitrogens with one attached hydrogen (secondary N) is 1. The number of carbonyl (C=O) groups excluding carboxylic acids is 1. The molecule has 1 saturated heterocycles. The topological polar surface area (TPSA) is 41.6 Å². The molecule has 1 aliphatic rings. The van der Waals surface area contributed by atoms with E-state index in [1.165, 1.54) is 0 Å². The number of morpholine rings is 1. The third-order valence-corrected chi connectivity index (χ3v) is 5.03. The highest BCUT2D eigenvalue weighted by Crippen LogP contribution is 2.34. The van der Waals surface area contributed by atoms with Crippen LogP contribution in [-0.4, -0.2) is 31.1 Å². The van der Waals surface area contributed by atoms with Crippen molar-refractivity contribution in [1.29, 1.82) is 0 Å². The van der Waals surface area contributed by atoms with Crippen LogP contribution in [0.2, 0.25) is 0 Å². The SMILES string of the molecule is CNc1ccc(CN2C(=O)COCC2(C)c2cccc(Br)c2)cc1. The van der Waals surface area contributed by atoms with Crippen molar-refractivity contribution in [2.24, 2.45) is 0 Å². The lowest BCUT2D eigenvalue weighted by Gasteiger charge is -2.45. The zero-order chi connectivity index (χ0) is 17.2. The van der Waals surface area contributed by atoms with Gasteiger partial charge in [-0.3, -0.25) is 4.79 Å². The highest BCUT2D eigenvalue weighted by atomic mass is 79.9. The second-order valence-electron chi connectivity index (χ2n) is 6.20. The van der Waals surface area contributed by atoms with Crippen molar-refractivity contribution in [1.82, 2.24) is 4.90 Å². The number of hydrogen-bond acceptors (Lipinski definition) is 3. The molecule has 1 fully saturated rings. The minimum Gasteiger partial charge on any atom is -0.388 e. The van der Waals surface area contributed by atoms with Gasteiger partial charge in [0.05, 0.1) is 12.1 Å². The van der Waals surface area contributed by atoms with E-state index in [1.807, 2.05) is 42.3 Å². The molecule has 0 saturated carbocycles. The van der Waals surface area contributed by atoms with E-state index in [9.17, 15) is 4.79 Å². The summed E-state index contributed by atoms with van der Waals surface area (Å²) >= 11 is 3.52. The van der Waals surface area contributed by atoms with Gasteiger partial charge in [0.15, 0.2) is 0 Å². The van der Waals surface area contributed by atoms with Gasteiger partial charge >= 0.3 is 0 Å². The Morgan fingerprint density at radius 1 is 1.25 bits per heavy atom. The maximum atomic E-state index is 12.6. The molecule has 0 aliphatic carbocycles. The number of ether oxygens (including phenoxy) is 1. The first-order valence-corrected chi connectivity index (χ1v) is 8.73. The lowest BCUT2D eigenvalue weighted by Crippen LogP contribution is -2.55. The van der Waals surface area contributed by atoms with E-state index in [2.05, 4.69) is 46.4 Å². The molecule has 4 nitrogen and oxygen atoms in total. The molecular weight excluding hydrogens is 368 g/mol. The number of amides is 1. The van der Waals surface area contributed by atoms with Gasteiger partial charge in [0.2, 0.25) is 5.91 Å². The number of benzene rings is 2. The molecule has 24 heavy (non-hydrogen) atoms. The summed E-state index contributed by atoms with van der Waals surface area (Å²) in [6.07, 6.45) is 0. The van der Waals surface area contributed by atoms with E-state index >= 15 is 0 Å². The maximum Gasteiger partial charge on any atom is 0.249 e. The summed E-state index contributed by atoms with van der Waals surface area (Å²) in [6.45, 7) is 3.25. The van der Waals surface area contributed by atoms with E-state index in [0.29, 0.717) is 13.2 Å². The second-order valence-corrected chi connectivity index (χ2v) is 7.12. The van der Waals surface area contributed by atoms with Crippen LogP contribution in [0.1, 0.15) is 18.1 Å². The second kappa shape index (κ2) is 6.95. The van der Waals surface area contributed by atoms with Crippen LogP contribution in [0.15, 0.2) is 53.0 Å². The Kier molecular flexibility index (Phi) is 4.92. The van der Waals surface area contributed by atoms with Crippen LogP contribution in [0.3, 0.4) is 0 Å². The number of anilines is 1. The molecule has 5 heteroatoms. The molecule has 0 aromatic heterocycles. The Morgan fingerprint density at radius 2 is 2.00 bits per heavy atom. The lowest BCUT2D eigenvalue weighted by atomic mass is 9.89. The molecule has 126 valence electrons. The predicted octanol–water partition coefficient (Wildman–Crippen LogP) is 3.77. The molecule has 3 rings (SSSR count). The molecule has 1 aliphatic heterocycles. The Balaban J connectivity index is 1.92. The van der Waals surface area contributed by atoms with Gasteiger partial charge in [0, 0.05) is 23.8 Å². The van der Waals surface area contributed by atoms with Crippen molar-refractivity contribution < 1.29 is 9.53 Å². The van der Waals surface area contributed by atoms with E-state index < -0.39 is 5.54 Å². The van der Waals surface area contributed by atoms with Crippen molar-refractivity contribution in [2.45, 2.75) is 19.0 Å². The van der Waals surface area contributed by atoms with E-state index in [-0.39, 0.29) is 12.5 Å². The monoisotopic (exact) mass is 388 g/mol. The third kappa shape index (κ3) is 3.32. The molecule has 0 bridgehead atoms. The summed E-state index contributed by atoms with van der Waals surface area (Å²) in [7, 11) is 1.89. The summed E-state index contributed by atoms with van der Waals surface area (Å²) < 4.78 is 6.58. The molecule has 2 aromatic carbocycles. The van der Waals surface area contributed by atoms with Gasteiger partial charge in [-0.05, 0) is 42.3 Å². The quantitative estimate of drug-likeness (QED) is 0.866. The van der Waals surface area contributed by atoms with Gasteiger partial charge in [0.1, 0.15) is 6.61 Å². The minimum atomic E-state index is -0.485. The molecule has 0 radical (unpaired) electrons. The largest absolute Gasteiger partial charge is 0.388 e. The van der Waals surface area contributed by atoms with E-state index in [4.69, 9.17) is 4.74 Å². The number of hydrogen-bond donors (Lipinski definition) is 1. The van der Waals surface area contributed by atoms with Crippen LogP contribution in [0.5, 0.6) is 0 Å². The van der Waals surface area contributed by atoms with E-state index in [1.54, 1.807) is 0 Å². The average molecular weight is 389 g/mol. The van der Waals surface area contributed by atoms with Gasteiger partial charge in [-0.2, -0.15) is 0 Å². The standard InChI is InChI=1S/C19H21BrN2O2/c1-19(15-4-3-5-16(20)10-15)13-24-12-18(23)22(19)11-14-6-8-17(21-2)9-7-14/h3-10,21H,11-13H2,1-2H3. The van der Waals surface area contributed by atoms with Gasteiger partial charge in [-0.1, -0.05) is 40.2 Å². The Hall–Kier alpha value is -1.85. The fourth-order valence-corrected chi connectivity index (χ4v) is 3.45. The maximum absolute atomic E-state index is 12.6. The zero-order valence-corrected chi connectivity index (χ0v) is 15.5. The van der Waals surface area contributed by atoms with Crippen molar-refractivity contribution in [2.75, 3.05) is 25.6 Å². The van der Waals surface area contributed by atoms with Gasteiger partial charge in [-0.25, -0.2) is 0 Å². The number of carbonyl (C=O) groups is 1. The van der Waals surface area contributed by atoms with Crippen molar-refractivity contribution in [3.8, 4) is 0 Å². The Morgan fingerprint density at radius 3 is 2.67 bits per heavy atom. The predicted molar refractivity (Wildman–Crippen MR) is 98.9 cm³/mol. The Labute approximate surface area is 150 Å². The fraction of sp³-hybridized carbons (Fsp3) is 0.316. The fourth-order valence-electron chi connectivity index (χ4n) is 3.05. The Bertz CT molecular complexity index is 732. The summed E-state index contributed by atoms with van der Waals surface area (Å²) in [5, 5.41) is 3.11. The first-order valence-electron chi connectivity index (χ1n) is 7.94. The van der Waals surface area contributed by atoms with Crippen LogP contribution >= 0.6 is 15.9 Å². The third-order valence-electron chi connectivity index (χ3n) is 4.54. The molecule has 1 amide bonds. The summed E-state index contributed by atoms with van der Waals surface area (Å²) in [4.78, 5) is 14.5. The van der Waals surface area contributed by atoms with Crippen LogP contribution in [-0.2, 0) is 21.6 Å². The number of halogens is 1. The molecule has 1 atom stereocenters. The molecule has 1 unspecified atom stereocenters. The molecule has 0 spiro atoms. The number of nitrogens with zero attached hydrogens (tertiary/aromatic N) is 1. The molecule has 2 aromatic rings. The highest BCUT2D eigenvalue weighted by Gasteiger charge is 2.40. The zero-order valence-electron chi connectivity index (χ0n) is 13.9. The first-order chi connectivity index (χ1) is 11.5. The van der Waals surface area contributed by atoms with Crippen molar-refractivity contribution in [3.63, 3.8) is 0 Å². The van der Waals surface area contributed by atoms with Gasteiger partial charge in [-0.15, -0.1) is 0 Å². The molecule has 1 N–H and O–H groups in total. The van der Waals surface area contributed by atoms with Crippen molar-refractivity contribution >= 4 is 27.5 Å². The van der Waals surface area contributed by atoms with Crippen molar-refractivity contribution in [3.05, 3.63) is 64.1 Å². The van der Waals surface area contributed by atoms with Crippen LogP contribution < -0.4 is 5.32 Å². The minimum absolute atomic E-state index is 0.0152. The summed E-state index contributed by atoms with van der Waals surface area (Å²) in [6, 6.07) is 16.2. The highest BCUT2D eigenvalue weighted by molar-refractivity contribution is 9.10. The average Bonchev–Trinajstić information content (AvgIpc) is 2.59. The van der Waals surface area contributed by atoms with Crippen LogP contribution in [0, 0.1) is 0 Å². The van der Waals surface area contributed by atoms with Gasteiger partial charge < -0.3 is 15.0 Å². The van der Waals surface area contributed by atoms with Gasteiger partial charge in [0.25, 0.3) is 0 Å².